The molecular formula is C17H20N6O. The lowest BCUT2D eigenvalue weighted by Gasteiger charge is -2.33. The van der Waals surface area contributed by atoms with Crippen LogP contribution in [0, 0.1) is 0 Å². The van der Waals surface area contributed by atoms with Crippen LogP contribution < -0.4 is 4.90 Å². The maximum absolute atomic E-state index is 5.88. The van der Waals surface area contributed by atoms with Gasteiger partial charge in [0, 0.05) is 39.1 Å². The summed E-state index contributed by atoms with van der Waals surface area (Å²) in [4.78, 5) is 9.26. The number of hydrogen-bond donors (Lipinski definition) is 0. The van der Waals surface area contributed by atoms with Crippen molar-refractivity contribution in [2.75, 3.05) is 31.1 Å². The van der Waals surface area contributed by atoms with Gasteiger partial charge < -0.3 is 13.9 Å². The number of oxazole rings is 1. The van der Waals surface area contributed by atoms with Gasteiger partial charge in [-0.15, -0.1) is 10.2 Å². The Kier molecular flexibility index (Phi) is 3.26. The summed E-state index contributed by atoms with van der Waals surface area (Å²) < 4.78 is 8.16. The number of nitrogens with zero attached hydrogens (tertiary/aromatic N) is 6. The number of piperazine rings is 1. The van der Waals surface area contributed by atoms with Crippen LogP contribution in [0.2, 0.25) is 0 Å². The Balaban J connectivity index is 1.25. The molecule has 0 unspecified atom stereocenters. The van der Waals surface area contributed by atoms with Crippen LogP contribution in [0.5, 0.6) is 0 Å². The number of aryl methyl sites for hydroxylation is 1. The van der Waals surface area contributed by atoms with E-state index in [1.165, 1.54) is 6.42 Å². The third kappa shape index (κ3) is 2.36. The first-order valence-corrected chi connectivity index (χ1v) is 8.61. The maximum Gasteiger partial charge on any atom is 0.298 e. The minimum atomic E-state index is 0.735. The van der Waals surface area contributed by atoms with Crippen LogP contribution in [0.25, 0.3) is 11.1 Å². The summed E-state index contributed by atoms with van der Waals surface area (Å²) in [5.41, 5.74) is 1.78. The van der Waals surface area contributed by atoms with Gasteiger partial charge in [0.05, 0.1) is 6.54 Å². The Hall–Kier alpha value is -2.41. The highest BCUT2D eigenvalue weighted by atomic mass is 16.4. The number of hydrogen-bond acceptors (Lipinski definition) is 6. The molecule has 1 saturated heterocycles. The molecule has 1 aromatic carbocycles. The lowest BCUT2D eigenvalue weighted by Crippen LogP contribution is -2.46. The van der Waals surface area contributed by atoms with E-state index in [0.717, 1.165) is 74.5 Å². The molecule has 0 bridgehead atoms. The Bertz CT molecular complexity index is 828. The normalized spacial score (nSPS) is 18.4. The van der Waals surface area contributed by atoms with Gasteiger partial charge >= 0.3 is 0 Å². The van der Waals surface area contributed by atoms with Gasteiger partial charge in [0.1, 0.15) is 17.2 Å². The van der Waals surface area contributed by atoms with Crippen molar-refractivity contribution >= 4 is 17.1 Å². The molecule has 2 aromatic heterocycles. The fraction of sp³-hybridized carbons (Fsp3) is 0.471. The summed E-state index contributed by atoms with van der Waals surface area (Å²) in [6, 6.07) is 8.66. The summed E-state index contributed by atoms with van der Waals surface area (Å²) in [5, 5.41) is 8.66. The third-order valence-corrected chi connectivity index (χ3v) is 4.98. The van der Waals surface area contributed by atoms with E-state index in [1.807, 2.05) is 24.3 Å². The number of para-hydroxylation sites is 2. The van der Waals surface area contributed by atoms with Crippen molar-refractivity contribution in [3.05, 3.63) is 35.9 Å². The topological polar surface area (TPSA) is 63.2 Å². The smallest absolute Gasteiger partial charge is 0.298 e. The lowest BCUT2D eigenvalue weighted by molar-refractivity contribution is 0.237. The molecule has 3 aromatic rings. The van der Waals surface area contributed by atoms with E-state index >= 15 is 0 Å². The number of rotatable bonds is 3. The molecule has 7 heteroatoms. The minimum Gasteiger partial charge on any atom is -0.423 e. The zero-order chi connectivity index (χ0) is 15.9. The highest BCUT2D eigenvalue weighted by Crippen LogP contribution is 2.23. The van der Waals surface area contributed by atoms with Crippen LogP contribution in [-0.2, 0) is 19.5 Å². The lowest BCUT2D eigenvalue weighted by atomic mass is 10.3. The number of aromatic nitrogens is 4. The van der Waals surface area contributed by atoms with Gasteiger partial charge in [-0.25, -0.2) is 0 Å². The molecule has 0 saturated carbocycles. The number of benzene rings is 1. The minimum absolute atomic E-state index is 0.735. The van der Waals surface area contributed by atoms with Crippen LogP contribution in [0.4, 0.5) is 6.01 Å². The molecule has 2 aliphatic rings. The van der Waals surface area contributed by atoms with E-state index in [-0.39, 0.29) is 0 Å². The molecule has 0 spiro atoms. The first-order chi connectivity index (χ1) is 11.9. The van der Waals surface area contributed by atoms with Crippen molar-refractivity contribution in [3.8, 4) is 0 Å². The summed E-state index contributed by atoms with van der Waals surface area (Å²) in [6.07, 6.45) is 2.27. The van der Waals surface area contributed by atoms with Crippen molar-refractivity contribution in [3.63, 3.8) is 0 Å². The second kappa shape index (κ2) is 5.59. The molecule has 0 radical (unpaired) electrons. The monoisotopic (exact) mass is 324 g/mol. The van der Waals surface area contributed by atoms with Gasteiger partial charge in [0.25, 0.3) is 6.01 Å². The zero-order valence-corrected chi connectivity index (χ0v) is 13.6. The SMILES string of the molecule is c1ccc2oc(N3CCN(Cc4nnc5n4CCC5)CC3)nc2c1. The zero-order valence-electron chi connectivity index (χ0n) is 13.6. The fourth-order valence-electron chi connectivity index (χ4n) is 3.62. The molecule has 2 aliphatic heterocycles. The summed E-state index contributed by atoms with van der Waals surface area (Å²) in [5.74, 6) is 2.26. The standard InChI is InChI=1S/C17H20N6O/c1-2-5-14-13(4-1)18-17(24-14)22-10-8-21(9-11-22)12-16-20-19-15-6-3-7-23(15)16/h1-2,4-5H,3,6-12H2. The Morgan fingerprint density at radius 2 is 1.88 bits per heavy atom. The molecule has 0 aliphatic carbocycles. The van der Waals surface area contributed by atoms with E-state index in [9.17, 15) is 0 Å². The van der Waals surface area contributed by atoms with Crippen molar-refractivity contribution in [1.82, 2.24) is 24.6 Å². The molecule has 1 fully saturated rings. The summed E-state index contributed by atoms with van der Waals surface area (Å²) >= 11 is 0. The number of fused-ring (bicyclic) bond motifs is 2. The highest BCUT2D eigenvalue weighted by Gasteiger charge is 2.24. The van der Waals surface area contributed by atoms with Crippen molar-refractivity contribution < 1.29 is 4.42 Å². The molecule has 0 amide bonds. The van der Waals surface area contributed by atoms with E-state index < -0.39 is 0 Å². The van der Waals surface area contributed by atoms with E-state index in [1.54, 1.807) is 0 Å². The molecule has 5 rings (SSSR count). The number of anilines is 1. The molecule has 24 heavy (non-hydrogen) atoms. The van der Waals surface area contributed by atoms with E-state index in [2.05, 4.69) is 29.5 Å². The predicted octanol–water partition coefficient (Wildman–Crippen LogP) is 1.69. The first-order valence-electron chi connectivity index (χ1n) is 8.61. The van der Waals surface area contributed by atoms with Crippen LogP contribution in [0.15, 0.2) is 28.7 Å². The van der Waals surface area contributed by atoms with Crippen molar-refractivity contribution in [1.29, 1.82) is 0 Å². The maximum atomic E-state index is 5.88. The molecular weight excluding hydrogens is 304 g/mol. The summed E-state index contributed by atoms with van der Waals surface area (Å²) in [7, 11) is 0. The van der Waals surface area contributed by atoms with Gasteiger partial charge in [-0.2, -0.15) is 4.98 Å². The highest BCUT2D eigenvalue weighted by molar-refractivity contribution is 5.74. The molecule has 4 heterocycles. The predicted molar refractivity (Wildman–Crippen MR) is 89.8 cm³/mol. The van der Waals surface area contributed by atoms with Gasteiger partial charge in [-0.3, -0.25) is 4.90 Å². The molecule has 7 nitrogen and oxygen atoms in total. The average Bonchev–Trinajstić information content (AvgIpc) is 3.31. The quantitative estimate of drug-likeness (QED) is 0.730. The third-order valence-electron chi connectivity index (χ3n) is 4.98. The van der Waals surface area contributed by atoms with Crippen LogP contribution in [0.3, 0.4) is 0 Å². The molecule has 124 valence electrons. The van der Waals surface area contributed by atoms with E-state index in [0.29, 0.717) is 0 Å². The van der Waals surface area contributed by atoms with Crippen LogP contribution >= 0.6 is 0 Å². The molecule has 0 atom stereocenters. The Labute approximate surface area is 139 Å². The van der Waals surface area contributed by atoms with Crippen molar-refractivity contribution in [2.45, 2.75) is 25.9 Å². The Morgan fingerprint density at radius 1 is 1.00 bits per heavy atom. The van der Waals surface area contributed by atoms with Gasteiger partial charge in [-0.1, -0.05) is 12.1 Å². The summed E-state index contributed by atoms with van der Waals surface area (Å²) in [6.45, 7) is 5.78. The van der Waals surface area contributed by atoms with E-state index in [4.69, 9.17) is 4.42 Å². The van der Waals surface area contributed by atoms with Crippen LogP contribution in [0.1, 0.15) is 18.1 Å². The van der Waals surface area contributed by atoms with Gasteiger partial charge in [0.15, 0.2) is 5.58 Å². The molecule has 0 N–H and O–H groups in total. The average molecular weight is 324 g/mol. The Morgan fingerprint density at radius 3 is 2.75 bits per heavy atom. The van der Waals surface area contributed by atoms with Gasteiger partial charge in [-0.05, 0) is 18.6 Å². The first kappa shape index (κ1) is 14.0. The second-order valence-electron chi connectivity index (χ2n) is 6.52. The van der Waals surface area contributed by atoms with Crippen molar-refractivity contribution in [2.24, 2.45) is 0 Å². The largest absolute Gasteiger partial charge is 0.423 e. The fourth-order valence-corrected chi connectivity index (χ4v) is 3.62. The second-order valence-corrected chi connectivity index (χ2v) is 6.52. The van der Waals surface area contributed by atoms with Crippen LogP contribution in [-0.4, -0.2) is 50.8 Å². The van der Waals surface area contributed by atoms with Gasteiger partial charge in [0.2, 0.25) is 0 Å².